The van der Waals surface area contributed by atoms with E-state index in [1.807, 2.05) is 11.8 Å². The summed E-state index contributed by atoms with van der Waals surface area (Å²) in [6.45, 7) is 0. The van der Waals surface area contributed by atoms with Crippen LogP contribution < -0.4 is 0 Å². The molecule has 0 aromatic carbocycles. The summed E-state index contributed by atoms with van der Waals surface area (Å²) in [7, 11) is 1.70. The summed E-state index contributed by atoms with van der Waals surface area (Å²) in [5.74, 6) is 3.03. The van der Waals surface area contributed by atoms with Crippen molar-refractivity contribution in [1.29, 1.82) is 0 Å². The van der Waals surface area contributed by atoms with E-state index in [4.69, 9.17) is 4.74 Å². The fourth-order valence-corrected chi connectivity index (χ4v) is 2.86. The smallest absolute Gasteiger partial charge is 0.122 e. The number of hydrogen-bond acceptors (Lipinski definition) is 3. The molecule has 0 amide bonds. The van der Waals surface area contributed by atoms with E-state index in [1.54, 1.807) is 7.11 Å². The molecule has 0 aromatic rings. The zero-order valence-corrected chi connectivity index (χ0v) is 8.31. The third-order valence-corrected chi connectivity index (χ3v) is 3.59. The Morgan fingerprint density at radius 3 is 3.08 bits per heavy atom. The van der Waals surface area contributed by atoms with Gasteiger partial charge in [-0.2, -0.15) is 11.8 Å². The van der Waals surface area contributed by atoms with Crippen molar-refractivity contribution in [3.05, 3.63) is 0 Å². The van der Waals surface area contributed by atoms with Crippen molar-refractivity contribution < 1.29 is 9.53 Å². The molecule has 2 atom stereocenters. The first kappa shape index (κ1) is 10.1. The summed E-state index contributed by atoms with van der Waals surface area (Å²) in [6, 6.07) is 0. The summed E-state index contributed by atoms with van der Waals surface area (Å²) in [4.78, 5) is 10.3. The predicted molar refractivity (Wildman–Crippen MR) is 51.5 cm³/mol. The van der Waals surface area contributed by atoms with Gasteiger partial charge in [-0.15, -0.1) is 0 Å². The molecular weight excluding hydrogens is 172 g/mol. The lowest BCUT2D eigenvalue weighted by atomic mass is 9.97. The summed E-state index contributed by atoms with van der Waals surface area (Å²) >= 11 is 1.98. The Hall–Kier alpha value is -0.0200. The quantitative estimate of drug-likeness (QED) is 0.629. The van der Waals surface area contributed by atoms with Crippen molar-refractivity contribution in [2.75, 3.05) is 18.6 Å². The molecule has 1 aliphatic heterocycles. The summed E-state index contributed by atoms with van der Waals surface area (Å²) in [5.41, 5.74) is 0. The lowest BCUT2D eigenvalue weighted by molar-refractivity contribution is -0.110. The second-order valence-electron chi connectivity index (χ2n) is 3.15. The van der Waals surface area contributed by atoms with Crippen LogP contribution in [-0.2, 0) is 9.53 Å². The molecule has 0 aromatic heterocycles. The highest BCUT2D eigenvalue weighted by molar-refractivity contribution is 7.99. The standard InChI is InChI=1S/C9H16O2S/c1-11-9(4-5-10)8-3-2-6-12-7-8/h5,8-9H,2-4,6-7H2,1H3. The van der Waals surface area contributed by atoms with Gasteiger partial charge in [0.1, 0.15) is 6.29 Å². The second kappa shape index (κ2) is 5.60. The average Bonchev–Trinajstić information content (AvgIpc) is 2.15. The summed E-state index contributed by atoms with van der Waals surface area (Å²) in [6.07, 6.45) is 4.18. The van der Waals surface area contributed by atoms with Crippen LogP contribution in [0.2, 0.25) is 0 Å². The van der Waals surface area contributed by atoms with Crippen LogP contribution in [0.15, 0.2) is 0 Å². The van der Waals surface area contributed by atoms with E-state index in [1.165, 1.54) is 18.6 Å². The molecule has 2 unspecified atom stereocenters. The Bertz CT molecular complexity index is 132. The van der Waals surface area contributed by atoms with Crippen molar-refractivity contribution in [3.8, 4) is 0 Å². The highest BCUT2D eigenvalue weighted by atomic mass is 32.2. The molecule has 0 aliphatic carbocycles. The minimum absolute atomic E-state index is 0.162. The number of aldehydes is 1. The molecule has 0 N–H and O–H groups in total. The molecule has 1 saturated heterocycles. The van der Waals surface area contributed by atoms with Gasteiger partial charge in [0, 0.05) is 13.5 Å². The van der Waals surface area contributed by atoms with Crippen molar-refractivity contribution in [1.82, 2.24) is 0 Å². The zero-order chi connectivity index (χ0) is 8.81. The minimum Gasteiger partial charge on any atom is -0.381 e. The molecule has 2 nitrogen and oxygen atoms in total. The first-order valence-electron chi connectivity index (χ1n) is 4.42. The van der Waals surface area contributed by atoms with E-state index >= 15 is 0 Å². The van der Waals surface area contributed by atoms with Gasteiger partial charge in [-0.1, -0.05) is 0 Å². The van der Waals surface area contributed by atoms with Gasteiger partial charge in [0.25, 0.3) is 0 Å². The predicted octanol–water partition coefficient (Wildman–Crippen LogP) is 1.73. The van der Waals surface area contributed by atoms with Gasteiger partial charge in [0.05, 0.1) is 6.10 Å². The molecule has 0 radical (unpaired) electrons. The van der Waals surface area contributed by atoms with Crippen LogP contribution in [0.3, 0.4) is 0 Å². The SMILES string of the molecule is COC(CC=O)C1CCCSC1. The maximum absolute atomic E-state index is 10.3. The van der Waals surface area contributed by atoms with Gasteiger partial charge in [-0.25, -0.2) is 0 Å². The van der Waals surface area contributed by atoms with Crippen LogP contribution >= 0.6 is 11.8 Å². The third kappa shape index (κ3) is 2.79. The van der Waals surface area contributed by atoms with Gasteiger partial charge in [0.15, 0.2) is 0 Å². The fraction of sp³-hybridized carbons (Fsp3) is 0.889. The van der Waals surface area contributed by atoms with Crippen LogP contribution in [0, 0.1) is 5.92 Å². The minimum atomic E-state index is 0.162. The Morgan fingerprint density at radius 1 is 1.75 bits per heavy atom. The average molecular weight is 188 g/mol. The van der Waals surface area contributed by atoms with Crippen LogP contribution in [0.5, 0.6) is 0 Å². The Morgan fingerprint density at radius 2 is 2.58 bits per heavy atom. The Balaban J connectivity index is 2.34. The Kier molecular flexibility index (Phi) is 4.69. The van der Waals surface area contributed by atoms with Crippen LogP contribution in [0.25, 0.3) is 0 Å². The molecule has 1 heterocycles. The number of hydrogen-bond donors (Lipinski definition) is 0. The van der Waals surface area contributed by atoms with Crippen molar-refractivity contribution in [2.45, 2.75) is 25.4 Å². The van der Waals surface area contributed by atoms with Gasteiger partial charge < -0.3 is 9.53 Å². The molecular formula is C9H16O2S. The normalized spacial score (nSPS) is 26.6. The van der Waals surface area contributed by atoms with Crippen molar-refractivity contribution in [2.24, 2.45) is 5.92 Å². The molecule has 0 bridgehead atoms. The monoisotopic (exact) mass is 188 g/mol. The fourth-order valence-electron chi connectivity index (χ4n) is 1.63. The molecule has 1 fully saturated rings. The first-order chi connectivity index (χ1) is 5.88. The molecule has 0 spiro atoms. The van der Waals surface area contributed by atoms with Gasteiger partial charge in [-0.3, -0.25) is 0 Å². The number of thioether (sulfide) groups is 1. The summed E-state index contributed by atoms with van der Waals surface area (Å²) < 4.78 is 5.29. The van der Waals surface area contributed by atoms with E-state index < -0.39 is 0 Å². The van der Waals surface area contributed by atoms with Crippen LogP contribution in [-0.4, -0.2) is 31.0 Å². The highest BCUT2D eigenvalue weighted by Gasteiger charge is 2.22. The van der Waals surface area contributed by atoms with E-state index in [2.05, 4.69) is 0 Å². The molecule has 1 aliphatic rings. The number of rotatable bonds is 4. The van der Waals surface area contributed by atoms with Gasteiger partial charge in [0.2, 0.25) is 0 Å². The molecule has 1 rings (SSSR count). The third-order valence-electron chi connectivity index (χ3n) is 2.35. The maximum atomic E-state index is 10.3. The van der Waals surface area contributed by atoms with E-state index in [0.29, 0.717) is 12.3 Å². The van der Waals surface area contributed by atoms with Crippen molar-refractivity contribution >= 4 is 18.0 Å². The number of carbonyl (C=O) groups excluding carboxylic acids is 1. The maximum Gasteiger partial charge on any atom is 0.122 e. The van der Waals surface area contributed by atoms with E-state index in [0.717, 1.165) is 12.0 Å². The van der Waals surface area contributed by atoms with Crippen LogP contribution in [0.1, 0.15) is 19.3 Å². The number of ether oxygens (including phenoxy) is 1. The first-order valence-corrected chi connectivity index (χ1v) is 5.58. The van der Waals surface area contributed by atoms with E-state index in [9.17, 15) is 4.79 Å². The molecule has 70 valence electrons. The lowest BCUT2D eigenvalue weighted by Crippen LogP contribution is -2.27. The lowest BCUT2D eigenvalue weighted by Gasteiger charge is -2.27. The molecule has 3 heteroatoms. The number of carbonyl (C=O) groups is 1. The second-order valence-corrected chi connectivity index (χ2v) is 4.30. The largest absolute Gasteiger partial charge is 0.381 e. The van der Waals surface area contributed by atoms with Gasteiger partial charge in [-0.05, 0) is 30.3 Å². The molecule has 0 saturated carbocycles. The van der Waals surface area contributed by atoms with Crippen LogP contribution in [0.4, 0.5) is 0 Å². The Labute approximate surface area is 78.1 Å². The van der Waals surface area contributed by atoms with Gasteiger partial charge >= 0.3 is 0 Å². The zero-order valence-electron chi connectivity index (χ0n) is 7.49. The number of methoxy groups -OCH3 is 1. The van der Waals surface area contributed by atoms with Crippen molar-refractivity contribution in [3.63, 3.8) is 0 Å². The van der Waals surface area contributed by atoms with E-state index in [-0.39, 0.29) is 6.10 Å². The highest BCUT2D eigenvalue weighted by Crippen LogP contribution is 2.27. The molecule has 12 heavy (non-hydrogen) atoms. The topological polar surface area (TPSA) is 26.3 Å². The summed E-state index contributed by atoms with van der Waals surface area (Å²) in [5, 5.41) is 0.